The van der Waals surface area contributed by atoms with E-state index in [2.05, 4.69) is 46.9 Å². The molecule has 65 heavy (non-hydrogen) atoms. The lowest BCUT2D eigenvalue weighted by atomic mass is 10.1. The lowest BCUT2D eigenvalue weighted by Gasteiger charge is -2.13. The van der Waals surface area contributed by atoms with E-state index < -0.39 is 31.7 Å². The maximum absolute atomic E-state index is 14.0. The monoisotopic (exact) mass is 967 g/mol. The molecule has 0 radical (unpaired) electrons. The van der Waals surface area contributed by atoms with Crippen molar-refractivity contribution in [3.8, 4) is 0 Å². The van der Waals surface area contributed by atoms with Gasteiger partial charge in [0.15, 0.2) is 16.8 Å². The quantitative estimate of drug-likeness (QED) is 0.121. The Labute approximate surface area is 383 Å². The summed E-state index contributed by atoms with van der Waals surface area (Å²) in [6.07, 6.45) is 0.325. The number of aromatic nitrogens is 8. The van der Waals surface area contributed by atoms with Crippen LogP contribution in [-0.2, 0) is 26.5 Å². The molecular weight excluding hydrogens is 936 g/mol. The second-order valence-corrected chi connectivity index (χ2v) is 18.9. The molecule has 4 N–H and O–H groups in total. The van der Waals surface area contributed by atoms with Gasteiger partial charge >= 0.3 is 0 Å². The highest BCUT2D eigenvalue weighted by molar-refractivity contribution is 7.93. The zero-order valence-electron chi connectivity index (χ0n) is 33.8. The van der Waals surface area contributed by atoms with Crippen molar-refractivity contribution in [2.45, 2.75) is 30.1 Å². The molecular formula is C43H32ClF2N11O4S4. The van der Waals surface area contributed by atoms with Crippen LogP contribution in [0.1, 0.15) is 22.4 Å². The molecule has 4 heterocycles. The Hall–Kier alpha value is -6.91. The van der Waals surface area contributed by atoms with E-state index in [1.54, 1.807) is 50.2 Å². The minimum absolute atomic E-state index is 0.0835. The van der Waals surface area contributed by atoms with Crippen molar-refractivity contribution in [2.24, 2.45) is 0 Å². The van der Waals surface area contributed by atoms with E-state index in [0.29, 0.717) is 45.3 Å². The first-order chi connectivity index (χ1) is 31.1. The van der Waals surface area contributed by atoms with Gasteiger partial charge in [-0.1, -0.05) is 54.1 Å². The zero-order valence-corrected chi connectivity index (χ0v) is 37.8. The molecule has 0 atom stereocenters. The number of para-hydroxylation sites is 4. The van der Waals surface area contributed by atoms with Crippen molar-refractivity contribution in [3.05, 3.63) is 160 Å². The van der Waals surface area contributed by atoms with Gasteiger partial charge in [-0.2, -0.15) is 17.5 Å². The van der Waals surface area contributed by atoms with Gasteiger partial charge in [-0.05, 0) is 109 Å². The molecule has 0 aliphatic rings. The second-order valence-electron chi connectivity index (χ2n) is 14.2. The van der Waals surface area contributed by atoms with Gasteiger partial charge in [0.1, 0.15) is 33.7 Å². The van der Waals surface area contributed by atoms with Crippen molar-refractivity contribution in [3.63, 3.8) is 0 Å². The summed E-state index contributed by atoms with van der Waals surface area (Å²) in [7, 11) is -8.10. The number of nitrogen functional groups attached to an aromatic ring is 1. The summed E-state index contributed by atoms with van der Waals surface area (Å²) in [5.74, 6) is -1.21. The summed E-state index contributed by atoms with van der Waals surface area (Å²) in [5, 5.41) is -0.0835. The fourth-order valence-electron chi connectivity index (χ4n) is 6.07. The van der Waals surface area contributed by atoms with Crippen LogP contribution in [0.5, 0.6) is 0 Å². The van der Waals surface area contributed by atoms with Crippen LogP contribution in [0.15, 0.2) is 131 Å². The van der Waals surface area contributed by atoms with E-state index in [1.807, 2.05) is 48.5 Å². The number of nitrogens with one attached hydrogen (secondary N) is 2. The van der Waals surface area contributed by atoms with E-state index in [-0.39, 0.29) is 26.6 Å². The number of sulfonamides is 2. The van der Waals surface area contributed by atoms with E-state index in [4.69, 9.17) is 17.3 Å². The lowest BCUT2D eigenvalue weighted by Crippen LogP contribution is -2.17. The molecule has 0 saturated heterocycles. The molecule has 0 spiro atoms. The second kappa shape index (κ2) is 18.7. The van der Waals surface area contributed by atoms with Crippen LogP contribution in [0, 0.1) is 25.5 Å². The third-order valence-electron chi connectivity index (χ3n) is 9.51. The molecule has 0 aliphatic heterocycles. The molecule has 10 aromatic rings. The van der Waals surface area contributed by atoms with Gasteiger partial charge in [0, 0.05) is 12.1 Å². The average molecular weight is 969 g/mol. The predicted octanol–water partition coefficient (Wildman–Crippen LogP) is 9.28. The Morgan fingerprint density at radius 3 is 1.55 bits per heavy atom. The van der Waals surface area contributed by atoms with E-state index in [1.165, 1.54) is 36.0 Å². The molecule has 0 unspecified atom stereocenters. The smallest absolute Gasteiger partial charge is 0.263 e. The number of fused-ring (bicyclic) bond motifs is 4. The Morgan fingerprint density at radius 2 is 1.00 bits per heavy atom. The number of aryl methyl sites for hydroxylation is 2. The summed E-state index contributed by atoms with van der Waals surface area (Å²) < 4.78 is 99.5. The standard InChI is InChI=1S/C22H16FN5O2S2.C15H11ClFN3O2S.C6H5N3S/c1-13-6-8-15(12-16(13)23)32(29,30)28-22-21(24-17-4-2-3-5-18(17)25-22)11-14-7-9-19-20(10-14)27-31-26-19;1-9-6-7-10(8-11(9)17)23(21,22)20-15-14(16)18-12-4-2-3-5-13(12)19-15;7-4-1-2-5-6(3-4)9-10-8-5/h2-10,12H,11H2,1H3,(H,25,28);2-8H,1H3,(H,19,20);1-3H,7H2. The van der Waals surface area contributed by atoms with Gasteiger partial charge in [-0.3, -0.25) is 9.44 Å². The van der Waals surface area contributed by atoms with Crippen LogP contribution in [-0.4, -0.2) is 54.3 Å². The molecule has 22 heteroatoms. The fraction of sp³-hybridized carbons (Fsp3) is 0.0698. The van der Waals surface area contributed by atoms with Crippen LogP contribution in [0.2, 0.25) is 5.15 Å². The first-order valence-electron chi connectivity index (χ1n) is 19.1. The molecule has 328 valence electrons. The van der Waals surface area contributed by atoms with Crippen molar-refractivity contribution >= 4 is 117 Å². The maximum atomic E-state index is 14.0. The van der Waals surface area contributed by atoms with Gasteiger partial charge < -0.3 is 5.73 Å². The van der Waals surface area contributed by atoms with Crippen LogP contribution >= 0.6 is 35.1 Å². The zero-order chi connectivity index (χ0) is 45.9. The average Bonchev–Trinajstić information content (AvgIpc) is 3.96. The minimum Gasteiger partial charge on any atom is -0.399 e. The molecule has 10 rings (SSSR count). The molecule has 0 aliphatic carbocycles. The molecule has 4 aromatic heterocycles. The summed E-state index contributed by atoms with van der Waals surface area (Å²) in [6, 6.07) is 32.7. The fourth-order valence-corrected chi connectivity index (χ4v) is 9.40. The predicted molar refractivity (Wildman–Crippen MR) is 250 cm³/mol. The van der Waals surface area contributed by atoms with Gasteiger partial charge in [-0.15, -0.1) is 0 Å². The number of halogens is 3. The first-order valence-corrected chi connectivity index (χ1v) is 23.9. The maximum Gasteiger partial charge on any atom is 0.263 e. The number of nitrogens with zero attached hydrogens (tertiary/aromatic N) is 8. The minimum atomic E-state index is -4.07. The largest absolute Gasteiger partial charge is 0.399 e. The van der Waals surface area contributed by atoms with Crippen molar-refractivity contribution in [2.75, 3.05) is 15.2 Å². The number of hydrogen-bond donors (Lipinski definition) is 3. The number of hydrogen-bond acceptors (Lipinski definition) is 15. The molecule has 0 bridgehead atoms. The summed E-state index contributed by atoms with van der Waals surface area (Å²) in [5.41, 5.74) is 13.9. The lowest BCUT2D eigenvalue weighted by molar-refractivity contribution is 0.592. The Morgan fingerprint density at radius 1 is 0.538 bits per heavy atom. The van der Waals surface area contributed by atoms with Crippen LogP contribution in [0.25, 0.3) is 44.1 Å². The Kier molecular flexibility index (Phi) is 12.8. The van der Waals surface area contributed by atoms with Gasteiger partial charge in [-0.25, -0.2) is 45.6 Å². The normalized spacial score (nSPS) is 11.5. The van der Waals surface area contributed by atoms with E-state index in [0.717, 1.165) is 57.2 Å². The highest BCUT2D eigenvalue weighted by Crippen LogP contribution is 2.27. The number of anilines is 3. The summed E-state index contributed by atoms with van der Waals surface area (Å²) >= 11 is 8.31. The molecule has 0 amide bonds. The SMILES string of the molecule is Cc1ccc(S(=O)(=O)Nc2nc3ccccc3nc2Cc2ccc3nsnc3c2)cc1F.Cc1ccc(S(=O)(=O)Nc2nc3ccccc3nc2Cl)cc1F.Nc1ccc2nsnc2c1. The van der Waals surface area contributed by atoms with Crippen molar-refractivity contribution < 1.29 is 25.6 Å². The summed E-state index contributed by atoms with van der Waals surface area (Å²) in [4.78, 5) is 17.0. The molecule has 0 fully saturated rings. The van der Waals surface area contributed by atoms with Crippen LogP contribution in [0.4, 0.5) is 26.1 Å². The van der Waals surface area contributed by atoms with Crippen LogP contribution < -0.4 is 15.2 Å². The number of benzene rings is 6. The third-order valence-corrected chi connectivity index (χ3v) is 13.6. The molecule has 15 nitrogen and oxygen atoms in total. The third kappa shape index (κ3) is 10.4. The Balaban J connectivity index is 0.000000151. The Bertz CT molecular complexity index is 3640. The van der Waals surface area contributed by atoms with Crippen LogP contribution in [0.3, 0.4) is 0 Å². The highest BCUT2D eigenvalue weighted by atomic mass is 35.5. The van der Waals surface area contributed by atoms with Gasteiger partial charge in [0.05, 0.1) is 61.0 Å². The molecule has 6 aromatic carbocycles. The topological polar surface area (TPSA) is 221 Å². The number of rotatable bonds is 8. The van der Waals surface area contributed by atoms with Gasteiger partial charge in [0.25, 0.3) is 20.0 Å². The van der Waals surface area contributed by atoms with Gasteiger partial charge in [0.2, 0.25) is 0 Å². The number of nitrogens with two attached hydrogens (primary N) is 1. The summed E-state index contributed by atoms with van der Waals surface area (Å²) in [6.45, 7) is 3.12. The van der Waals surface area contributed by atoms with E-state index in [9.17, 15) is 25.6 Å². The molecule has 0 saturated carbocycles. The van der Waals surface area contributed by atoms with Crippen molar-refractivity contribution in [1.82, 2.24) is 37.4 Å². The highest BCUT2D eigenvalue weighted by Gasteiger charge is 2.21. The van der Waals surface area contributed by atoms with E-state index >= 15 is 0 Å². The first kappa shape index (κ1) is 44.7. The van der Waals surface area contributed by atoms with Crippen molar-refractivity contribution in [1.29, 1.82) is 0 Å².